The van der Waals surface area contributed by atoms with Crippen LogP contribution < -0.4 is 10.7 Å². The number of amides is 2. The zero-order valence-electron chi connectivity index (χ0n) is 18.6. The molecule has 2 bridgehead atoms. The van der Waals surface area contributed by atoms with E-state index in [1.54, 1.807) is 6.07 Å². The van der Waals surface area contributed by atoms with Gasteiger partial charge in [-0.1, -0.05) is 6.07 Å². The number of aromatic hydroxyl groups is 1. The first kappa shape index (κ1) is 22.7. The number of aryl methyl sites for hydroxylation is 1. The van der Waals surface area contributed by atoms with Gasteiger partial charge in [-0.15, -0.1) is 0 Å². The third-order valence-electron chi connectivity index (χ3n) is 6.50. The van der Waals surface area contributed by atoms with Crippen molar-refractivity contribution in [2.24, 2.45) is 0 Å². The highest BCUT2D eigenvalue weighted by molar-refractivity contribution is 5.99. The molecule has 2 aromatic carbocycles. The number of nitrogens with one attached hydrogen (secondary N) is 1. The van der Waals surface area contributed by atoms with Gasteiger partial charge in [0.05, 0.1) is 6.04 Å². The Morgan fingerprint density at radius 3 is 2.57 bits per heavy atom. The summed E-state index contributed by atoms with van der Waals surface area (Å²) >= 11 is 0. The molecule has 7 nitrogen and oxygen atoms in total. The van der Waals surface area contributed by atoms with E-state index < -0.39 is 58.6 Å². The minimum Gasteiger partial charge on any atom is -0.503 e. The first-order chi connectivity index (χ1) is 16.7. The van der Waals surface area contributed by atoms with Crippen LogP contribution in [-0.2, 0) is 13.0 Å². The van der Waals surface area contributed by atoms with Gasteiger partial charge in [0.25, 0.3) is 11.8 Å². The highest BCUT2D eigenvalue weighted by Crippen LogP contribution is 2.35. The number of benzene rings is 2. The van der Waals surface area contributed by atoms with E-state index in [0.29, 0.717) is 24.1 Å². The molecule has 10 heteroatoms. The lowest BCUT2D eigenvalue weighted by Crippen LogP contribution is -2.45. The van der Waals surface area contributed by atoms with Crippen molar-refractivity contribution in [3.8, 4) is 5.75 Å². The van der Waals surface area contributed by atoms with Gasteiger partial charge in [0, 0.05) is 31.4 Å². The molecule has 0 radical (unpaired) electrons. The maximum absolute atomic E-state index is 14.2. The minimum absolute atomic E-state index is 0.158. The van der Waals surface area contributed by atoms with Crippen LogP contribution in [0.5, 0.6) is 5.75 Å². The van der Waals surface area contributed by atoms with Gasteiger partial charge >= 0.3 is 0 Å². The van der Waals surface area contributed by atoms with Crippen LogP contribution in [0.3, 0.4) is 0 Å². The van der Waals surface area contributed by atoms with E-state index >= 15 is 0 Å². The van der Waals surface area contributed by atoms with Crippen LogP contribution in [0.1, 0.15) is 49.1 Å². The van der Waals surface area contributed by atoms with E-state index in [2.05, 4.69) is 5.32 Å². The smallest absolute Gasteiger partial charge is 0.274 e. The number of aromatic nitrogens is 1. The molecular weight excluding hydrogens is 463 g/mol. The molecule has 0 fully saturated rings. The molecular formula is C25H20F3N3O4. The average molecular weight is 483 g/mol. The summed E-state index contributed by atoms with van der Waals surface area (Å²) < 4.78 is 43.7. The van der Waals surface area contributed by atoms with Gasteiger partial charge in [0.2, 0.25) is 5.43 Å². The summed E-state index contributed by atoms with van der Waals surface area (Å²) in [7, 11) is 0. The van der Waals surface area contributed by atoms with Crippen molar-refractivity contribution < 1.29 is 27.9 Å². The summed E-state index contributed by atoms with van der Waals surface area (Å²) in [6.07, 6.45) is 1.59. The normalized spacial score (nSPS) is 16.4. The van der Waals surface area contributed by atoms with Crippen molar-refractivity contribution in [1.29, 1.82) is 0 Å². The van der Waals surface area contributed by atoms with Gasteiger partial charge in [-0.3, -0.25) is 14.4 Å². The van der Waals surface area contributed by atoms with Crippen molar-refractivity contribution >= 4 is 11.8 Å². The highest BCUT2D eigenvalue weighted by atomic mass is 19.1. The lowest BCUT2D eigenvalue weighted by molar-refractivity contribution is 0.0686. The number of fused-ring (bicyclic) bond motifs is 6. The number of rotatable bonds is 3. The summed E-state index contributed by atoms with van der Waals surface area (Å²) in [5.41, 5.74) is -0.546. The number of carbonyl (C=O) groups excluding carboxylic acids is 2. The molecule has 0 aliphatic carbocycles. The van der Waals surface area contributed by atoms with Crippen LogP contribution >= 0.6 is 0 Å². The summed E-state index contributed by atoms with van der Waals surface area (Å²) in [5.74, 6) is -4.67. The second kappa shape index (κ2) is 8.30. The molecule has 1 aromatic heterocycles. The van der Waals surface area contributed by atoms with Gasteiger partial charge < -0.3 is 19.9 Å². The Hall–Kier alpha value is -4.08. The molecule has 0 spiro atoms. The molecule has 2 aliphatic rings. The highest BCUT2D eigenvalue weighted by Gasteiger charge is 2.38. The molecule has 3 aromatic rings. The molecule has 2 N–H and O–H groups in total. The predicted molar refractivity (Wildman–Crippen MR) is 119 cm³/mol. The third kappa shape index (κ3) is 3.74. The molecule has 0 unspecified atom stereocenters. The Labute approximate surface area is 197 Å². The monoisotopic (exact) mass is 483 g/mol. The van der Waals surface area contributed by atoms with Gasteiger partial charge in [-0.2, -0.15) is 0 Å². The van der Waals surface area contributed by atoms with E-state index in [1.165, 1.54) is 28.5 Å². The van der Waals surface area contributed by atoms with Crippen LogP contribution in [0.4, 0.5) is 13.2 Å². The van der Waals surface area contributed by atoms with Crippen LogP contribution in [0.2, 0.25) is 0 Å². The van der Waals surface area contributed by atoms with Gasteiger partial charge in [0.1, 0.15) is 23.0 Å². The number of nitrogens with zero attached hydrogens (tertiary/aromatic N) is 2. The van der Waals surface area contributed by atoms with Crippen molar-refractivity contribution in [3.05, 3.63) is 97.7 Å². The standard InChI is InChI=1S/C25H20F3N3O4/c1-12-6-18(27)16(19(28)7-12)9-29-24(34)17-10-31-20-11-30(25(35)21(31)23(33)22(17)32)5-4-13-2-3-14(26)8-15(13)20/h2-3,6-8,10,20,33H,4-5,9,11H2,1H3,(H,29,34)/t20-/m1/s1. The number of halogens is 3. The van der Waals surface area contributed by atoms with Crippen LogP contribution in [0.15, 0.2) is 41.3 Å². The number of carbonyl (C=O) groups is 2. The lowest BCUT2D eigenvalue weighted by Gasteiger charge is -2.35. The molecule has 2 aliphatic heterocycles. The molecule has 180 valence electrons. The lowest BCUT2D eigenvalue weighted by atomic mass is 9.97. The molecule has 35 heavy (non-hydrogen) atoms. The van der Waals surface area contributed by atoms with Crippen molar-refractivity contribution in [2.75, 3.05) is 13.1 Å². The first-order valence-corrected chi connectivity index (χ1v) is 10.9. The minimum atomic E-state index is -1.09. The maximum Gasteiger partial charge on any atom is 0.274 e. The second-order valence-electron chi connectivity index (χ2n) is 8.73. The first-order valence-electron chi connectivity index (χ1n) is 10.9. The molecule has 1 atom stereocenters. The Morgan fingerprint density at radius 2 is 1.86 bits per heavy atom. The predicted octanol–water partition coefficient (Wildman–Crippen LogP) is 2.81. The maximum atomic E-state index is 14.2. The van der Waals surface area contributed by atoms with E-state index in [4.69, 9.17) is 0 Å². The third-order valence-corrected chi connectivity index (χ3v) is 6.50. The summed E-state index contributed by atoms with van der Waals surface area (Å²) in [6, 6.07) is 5.85. The van der Waals surface area contributed by atoms with E-state index in [1.807, 2.05) is 0 Å². The van der Waals surface area contributed by atoms with Crippen LogP contribution in [0, 0.1) is 24.4 Å². The quantitative estimate of drug-likeness (QED) is 0.600. The average Bonchev–Trinajstić information content (AvgIpc) is 2.96. The SMILES string of the molecule is Cc1cc(F)c(CNC(=O)c2cn3c(c(O)c2=O)C(=O)N2CCc4ccc(F)cc4[C@H]3C2)c(F)c1. The Bertz CT molecular complexity index is 1440. The molecule has 2 amide bonds. The molecule has 5 rings (SSSR count). The molecule has 0 saturated carbocycles. The van der Waals surface area contributed by atoms with Crippen LogP contribution in [0.25, 0.3) is 0 Å². The second-order valence-corrected chi connectivity index (χ2v) is 8.73. The zero-order valence-corrected chi connectivity index (χ0v) is 18.6. The fourth-order valence-corrected chi connectivity index (χ4v) is 4.73. The Balaban J connectivity index is 1.56. The zero-order chi connectivity index (χ0) is 25.0. The van der Waals surface area contributed by atoms with E-state index in [9.17, 15) is 32.7 Å². The van der Waals surface area contributed by atoms with E-state index in [0.717, 1.165) is 23.9 Å². The van der Waals surface area contributed by atoms with Crippen molar-refractivity contribution in [2.45, 2.75) is 25.9 Å². The Morgan fingerprint density at radius 1 is 1.14 bits per heavy atom. The van der Waals surface area contributed by atoms with Crippen molar-refractivity contribution in [1.82, 2.24) is 14.8 Å². The topological polar surface area (TPSA) is 91.6 Å². The van der Waals surface area contributed by atoms with Crippen LogP contribution in [-0.4, -0.2) is 39.5 Å². The van der Waals surface area contributed by atoms with E-state index in [-0.39, 0.29) is 17.8 Å². The fourth-order valence-electron chi connectivity index (χ4n) is 4.73. The summed E-state index contributed by atoms with van der Waals surface area (Å²) in [6.45, 7) is 1.46. The van der Waals surface area contributed by atoms with Gasteiger partial charge in [-0.05, 0) is 54.3 Å². The number of pyridine rings is 1. The largest absolute Gasteiger partial charge is 0.503 e. The fraction of sp³-hybridized carbons (Fsp3) is 0.240. The summed E-state index contributed by atoms with van der Waals surface area (Å²) in [5, 5.41) is 12.9. The van der Waals surface area contributed by atoms with Gasteiger partial charge in [-0.25, -0.2) is 13.2 Å². The number of hydrogen-bond donors (Lipinski definition) is 2. The molecule has 3 heterocycles. The van der Waals surface area contributed by atoms with Gasteiger partial charge in [0.15, 0.2) is 11.4 Å². The summed E-state index contributed by atoms with van der Waals surface area (Å²) in [4.78, 5) is 40.2. The number of hydrogen-bond acceptors (Lipinski definition) is 4. The van der Waals surface area contributed by atoms with Crippen molar-refractivity contribution in [3.63, 3.8) is 0 Å². The Kier molecular flexibility index (Phi) is 5.38. The molecule has 0 saturated heterocycles.